The van der Waals surface area contributed by atoms with Crippen LogP contribution in [0.1, 0.15) is 48.1 Å². The number of rotatable bonds is 5. The normalized spacial score (nSPS) is 22.3. The van der Waals surface area contributed by atoms with Gasteiger partial charge in [0, 0.05) is 39.1 Å². The molecule has 1 N–H and O–H groups in total. The fourth-order valence-electron chi connectivity index (χ4n) is 5.27. The number of hydrogen-bond donors (Lipinski definition) is 1. The summed E-state index contributed by atoms with van der Waals surface area (Å²) in [4.78, 5) is 17.8. The Bertz CT molecular complexity index is 936. The summed E-state index contributed by atoms with van der Waals surface area (Å²) in [6.45, 7) is 7.70. The average Bonchev–Trinajstić information content (AvgIpc) is 3.27. The SMILES string of the molecule is CC(C(=O)NC1CCCc2ccccc21)N1CCN(Cc2ccc3c(c2)CCO3)CC1. The second-order valence-corrected chi connectivity index (χ2v) is 9.18. The minimum absolute atomic E-state index is 0.0895. The van der Waals surface area contributed by atoms with E-state index in [1.54, 1.807) is 0 Å². The standard InChI is InChI=1S/C26H33N3O2/c1-19(26(30)27-24-8-4-6-21-5-2-3-7-23(21)24)29-14-12-28(13-15-29)18-20-9-10-25-22(17-20)11-16-31-25/h2-3,5,7,9-10,17,19,24H,4,6,8,11-16,18H2,1H3,(H,27,30). The van der Waals surface area contributed by atoms with Gasteiger partial charge in [-0.25, -0.2) is 0 Å². The third-order valence-electron chi connectivity index (χ3n) is 7.18. The summed E-state index contributed by atoms with van der Waals surface area (Å²) in [6.07, 6.45) is 4.32. The third kappa shape index (κ3) is 4.48. The van der Waals surface area contributed by atoms with E-state index in [1.165, 1.54) is 22.3 Å². The van der Waals surface area contributed by atoms with Gasteiger partial charge in [-0.1, -0.05) is 36.4 Å². The minimum Gasteiger partial charge on any atom is -0.493 e. The molecule has 0 radical (unpaired) electrons. The molecule has 2 unspecified atom stereocenters. The minimum atomic E-state index is -0.0895. The number of benzene rings is 2. The molecule has 1 fully saturated rings. The van der Waals surface area contributed by atoms with E-state index in [2.05, 4.69) is 64.5 Å². The molecule has 1 saturated heterocycles. The molecule has 5 heteroatoms. The van der Waals surface area contributed by atoms with Gasteiger partial charge in [0.1, 0.15) is 5.75 Å². The number of nitrogens with zero attached hydrogens (tertiary/aromatic N) is 2. The number of amides is 1. The number of carbonyl (C=O) groups excluding carboxylic acids is 1. The first-order chi connectivity index (χ1) is 15.2. The second kappa shape index (κ2) is 9.01. The number of aryl methyl sites for hydroxylation is 1. The van der Waals surface area contributed by atoms with Crippen molar-refractivity contribution in [1.82, 2.24) is 15.1 Å². The molecule has 1 amide bonds. The highest BCUT2D eigenvalue weighted by atomic mass is 16.5. The van der Waals surface area contributed by atoms with Crippen LogP contribution in [0, 0.1) is 0 Å². The summed E-state index contributed by atoms with van der Waals surface area (Å²) in [5, 5.41) is 3.34. The Kier molecular flexibility index (Phi) is 5.97. The number of carbonyl (C=O) groups is 1. The molecule has 0 spiro atoms. The van der Waals surface area contributed by atoms with Crippen molar-refractivity contribution < 1.29 is 9.53 Å². The average molecular weight is 420 g/mol. The van der Waals surface area contributed by atoms with Gasteiger partial charge in [-0.15, -0.1) is 0 Å². The third-order valence-corrected chi connectivity index (χ3v) is 7.18. The molecule has 0 aromatic heterocycles. The highest BCUT2D eigenvalue weighted by molar-refractivity contribution is 5.81. The lowest BCUT2D eigenvalue weighted by atomic mass is 9.87. The summed E-state index contributed by atoms with van der Waals surface area (Å²) in [7, 11) is 0. The largest absolute Gasteiger partial charge is 0.493 e. The molecular formula is C26H33N3O2. The van der Waals surface area contributed by atoms with Crippen molar-refractivity contribution in [3.63, 3.8) is 0 Å². The number of nitrogens with one attached hydrogen (secondary N) is 1. The Hall–Kier alpha value is -2.37. The van der Waals surface area contributed by atoms with Gasteiger partial charge in [0.05, 0.1) is 18.7 Å². The zero-order valence-electron chi connectivity index (χ0n) is 18.5. The molecular weight excluding hydrogens is 386 g/mol. The number of ether oxygens (including phenoxy) is 1. The number of piperazine rings is 1. The van der Waals surface area contributed by atoms with E-state index >= 15 is 0 Å². The first-order valence-corrected chi connectivity index (χ1v) is 11.8. The fourth-order valence-corrected chi connectivity index (χ4v) is 5.27. The van der Waals surface area contributed by atoms with Crippen LogP contribution in [0.2, 0.25) is 0 Å². The quantitative estimate of drug-likeness (QED) is 0.808. The maximum atomic E-state index is 13.0. The number of hydrogen-bond acceptors (Lipinski definition) is 4. The van der Waals surface area contributed by atoms with Crippen LogP contribution in [0.15, 0.2) is 42.5 Å². The van der Waals surface area contributed by atoms with Crippen molar-refractivity contribution in [2.45, 2.75) is 51.2 Å². The summed E-state index contributed by atoms with van der Waals surface area (Å²) < 4.78 is 5.62. The zero-order valence-corrected chi connectivity index (χ0v) is 18.5. The Labute approximate surface area is 185 Å². The zero-order chi connectivity index (χ0) is 21.2. The molecule has 1 aliphatic carbocycles. The van der Waals surface area contributed by atoms with Gasteiger partial charge >= 0.3 is 0 Å². The first-order valence-electron chi connectivity index (χ1n) is 11.8. The topological polar surface area (TPSA) is 44.8 Å². The monoisotopic (exact) mass is 419 g/mol. The van der Waals surface area contributed by atoms with Crippen molar-refractivity contribution in [2.24, 2.45) is 0 Å². The molecule has 2 atom stereocenters. The van der Waals surface area contributed by atoms with Gasteiger partial charge in [-0.2, -0.15) is 0 Å². The van der Waals surface area contributed by atoms with Crippen LogP contribution in [0.3, 0.4) is 0 Å². The molecule has 0 saturated carbocycles. The molecule has 31 heavy (non-hydrogen) atoms. The predicted octanol–water partition coefficient (Wildman–Crippen LogP) is 3.32. The maximum absolute atomic E-state index is 13.0. The molecule has 5 nitrogen and oxygen atoms in total. The molecule has 2 heterocycles. The molecule has 2 aromatic rings. The lowest BCUT2D eigenvalue weighted by Crippen LogP contribution is -2.54. The van der Waals surface area contributed by atoms with Gasteiger partial charge in [0.25, 0.3) is 0 Å². The highest BCUT2D eigenvalue weighted by Crippen LogP contribution is 2.30. The summed E-state index contributed by atoms with van der Waals surface area (Å²) >= 11 is 0. The van der Waals surface area contributed by atoms with E-state index in [1.807, 2.05) is 0 Å². The Morgan fingerprint density at radius 2 is 1.94 bits per heavy atom. The van der Waals surface area contributed by atoms with Gasteiger partial charge in [0.2, 0.25) is 5.91 Å². The highest BCUT2D eigenvalue weighted by Gasteiger charge is 2.28. The first kappa shape index (κ1) is 20.5. The summed E-state index contributed by atoms with van der Waals surface area (Å²) in [5.41, 5.74) is 5.39. The van der Waals surface area contributed by atoms with Crippen molar-refractivity contribution >= 4 is 5.91 Å². The summed E-state index contributed by atoms with van der Waals surface area (Å²) in [5.74, 6) is 1.21. The van der Waals surface area contributed by atoms with Crippen LogP contribution in [-0.2, 0) is 24.2 Å². The summed E-state index contributed by atoms with van der Waals surface area (Å²) in [6, 6.07) is 15.2. The van der Waals surface area contributed by atoms with Gasteiger partial charge in [0.15, 0.2) is 0 Å². The van der Waals surface area contributed by atoms with Crippen LogP contribution in [0.5, 0.6) is 5.75 Å². The van der Waals surface area contributed by atoms with E-state index in [0.717, 1.165) is 70.8 Å². The fraction of sp³-hybridized carbons (Fsp3) is 0.500. The van der Waals surface area contributed by atoms with Crippen LogP contribution in [0.4, 0.5) is 0 Å². The van der Waals surface area contributed by atoms with Gasteiger partial charge < -0.3 is 10.1 Å². The predicted molar refractivity (Wildman–Crippen MR) is 122 cm³/mol. The van der Waals surface area contributed by atoms with E-state index in [4.69, 9.17) is 4.74 Å². The molecule has 2 aliphatic heterocycles. The van der Waals surface area contributed by atoms with Crippen LogP contribution in [-0.4, -0.2) is 54.5 Å². The smallest absolute Gasteiger partial charge is 0.237 e. The molecule has 5 rings (SSSR count). The van der Waals surface area contributed by atoms with Crippen molar-refractivity contribution in [3.8, 4) is 5.75 Å². The van der Waals surface area contributed by atoms with E-state index in [9.17, 15) is 4.79 Å². The van der Waals surface area contributed by atoms with Crippen molar-refractivity contribution in [1.29, 1.82) is 0 Å². The maximum Gasteiger partial charge on any atom is 0.237 e. The Balaban J connectivity index is 1.13. The van der Waals surface area contributed by atoms with Gasteiger partial charge in [-0.3, -0.25) is 14.6 Å². The Morgan fingerprint density at radius 3 is 2.81 bits per heavy atom. The Morgan fingerprint density at radius 1 is 1.10 bits per heavy atom. The lowest BCUT2D eigenvalue weighted by Gasteiger charge is -2.38. The molecule has 164 valence electrons. The number of fused-ring (bicyclic) bond motifs is 2. The molecule has 0 bridgehead atoms. The van der Waals surface area contributed by atoms with Crippen LogP contribution in [0.25, 0.3) is 0 Å². The van der Waals surface area contributed by atoms with Crippen LogP contribution >= 0.6 is 0 Å². The van der Waals surface area contributed by atoms with Crippen LogP contribution < -0.4 is 10.1 Å². The van der Waals surface area contributed by atoms with Gasteiger partial charge in [-0.05, 0) is 54.5 Å². The molecule has 3 aliphatic rings. The van der Waals surface area contributed by atoms with E-state index < -0.39 is 0 Å². The van der Waals surface area contributed by atoms with Crippen molar-refractivity contribution in [3.05, 3.63) is 64.7 Å². The van der Waals surface area contributed by atoms with E-state index in [-0.39, 0.29) is 18.0 Å². The molecule has 2 aromatic carbocycles. The van der Waals surface area contributed by atoms with Crippen molar-refractivity contribution in [2.75, 3.05) is 32.8 Å². The lowest BCUT2D eigenvalue weighted by molar-refractivity contribution is -0.127. The van der Waals surface area contributed by atoms with E-state index in [0.29, 0.717) is 0 Å². The second-order valence-electron chi connectivity index (χ2n) is 9.18.